The fourth-order valence-corrected chi connectivity index (χ4v) is 14.4. The summed E-state index contributed by atoms with van der Waals surface area (Å²) in [5.74, 6) is -0.234. The van der Waals surface area contributed by atoms with Crippen LogP contribution >= 0.6 is 0 Å². The lowest BCUT2D eigenvalue weighted by atomic mass is 9.96. The molecule has 19 heteroatoms. The Morgan fingerprint density at radius 3 is 0.897 bits per heavy atom. The van der Waals surface area contributed by atoms with Gasteiger partial charge in [0.1, 0.15) is 73.2 Å². The predicted molar refractivity (Wildman–Crippen MR) is 384 cm³/mol. The number of amides is 1. The largest absolute Gasteiger partial charge is 0.394 e. The van der Waals surface area contributed by atoms with Crippen molar-refractivity contribution in [3.8, 4) is 0 Å². The molecule has 19 nitrogen and oxygen atoms in total. The SMILES string of the molecule is CCCCCCCCCCCCCCCCCCCCCCCCCCCCCCCCCCCCCCCC(=O)NC(COC1OC(CO)C(OC2OC(CO)C(OC3OC(CO)C(O)C(O)C3O)C(O)C2O)C(O)C1O)C(O)CCCCCCCCCCCCCCCCC. The molecule has 3 rings (SSSR count). The van der Waals surface area contributed by atoms with E-state index in [-0.39, 0.29) is 18.9 Å². The van der Waals surface area contributed by atoms with Crippen molar-refractivity contribution in [2.24, 2.45) is 0 Å². The van der Waals surface area contributed by atoms with E-state index in [0.717, 1.165) is 44.9 Å². The van der Waals surface area contributed by atoms with Crippen LogP contribution in [-0.2, 0) is 33.2 Å². The van der Waals surface area contributed by atoms with Crippen molar-refractivity contribution in [2.45, 2.75) is 465 Å². The van der Waals surface area contributed by atoms with Crippen LogP contribution in [0, 0.1) is 0 Å². The van der Waals surface area contributed by atoms with E-state index in [1.54, 1.807) is 0 Å². The van der Waals surface area contributed by atoms with E-state index >= 15 is 0 Å². The molecule has 0 radical (unpaired) electrons. The molecule has 12 N–H and O–H groups in total. The number of ether oxygens (including phenoxy) is 6. The number of carbonyl (C=O) groups excluding carboxylic acids is 1. The van der Waals surface area contributed by atoms with Gasteiger partial charge >= 0.3 is 0 Å². The molecule has 3 aliphatic heterocycles. The minimum absolute atomic E-state index is 0.234. The topological polar surface area (TPSA) is 307 Å². The van der Waals surface area contributed by atoms with Crippen molar-refractivity contribution in [2.75, 3.05) is 26.4 Å². The Kier molecular flexibility index (Phi) is 55.8. The quantitative estimate of drug-likeness (QED) is 0.0252. The number of rotatable bonds is 66. The fourth-order valence-electron chi connectivity index (χ4n) is 14.4. The third-order valence-electron chi connectivity index (χ3n) is 20.9. The monoisotopic (exact) mass is 1390 g/mol. The van der Waals surface area contributed by atoms with E-state index in [9.17, 15) is 61.0 Å². The first kappa shape index (κ1) is 90.0. The molecule has 0 aromatic heterocycles. The summed E-state index contributed by atoms with van der Waals surface area (Å²) in [4.78, 5) is 13.5. The van der Waals surface area contributed by atoms with E-state index < -0.39 is 124 Å². The molecule has 576 valence electrons. The molecule has 1 amide bonds. The predicted octanol–water partition coefficient (Wildman–Crippen LogP) is 13.4. The van der Waals surface area contributed by atoms with Crippen LogP contribution in [0.2, 0.25) is 0 Å². The van der Waals surface area contributed by atoms with Gasteiger partial charge in [-0.2, -0.15) is 0 Å². The maximum absolute atomic E-state index is 13.5. The van der Waals surface area contributed by atoms with Crippen LogP contribution in [0.25, 0.3) is 0 Å². The van der Waals surface area contributed by atoms with Gasteiger partial charge in [-0.1, -0.05) is 341 Å². The van der Waals surface area contributed by atoms with Gasteiger partial charge in [0.25, 0.3) is 0 Å². The molecule has 0 aliphatic carbocycles. The highest BCUT2D eigenvalue weighted by atomic mass is 16.8. The van der Waals surface area contributed by atoms with Crippen molar-refractivity contribution >= 4 is 5.91 Å². The average Bonchev–Trinajstić information content (AvgIpc) is 0.789. The van der Waals surface area contributed by atoms with Crippen LogP contribution in [0.1, 0.15) is 361 Å². The van der Waals surface area contributed by atoms with Gasteiger partial charge in [-0.3, -0.25) is 4.79 Å². The summed E-state index contributed by atoms with van der Waals surface area (Å²) in [5.41, 5.74) is 0. The highest BCUT2D eigenvalue weighted by molar-refractivity contribution is 5.76. The number of hydrogen-bond acceptors (Lipinski definition) is 18. The average molecular weight is 1390 g/mol. The minimum Gasteiger partial charge on any atom is -0.394 e. The molecule has 17 atom stereocenters. The zero-order chi connectivity index (χ0) is 70.4. The standard InChI is InChI=1S/C78H151NO18/c1-3-5-7-9-11-13-15-17-19-20-21-22-23-24-25-26-27-28-29-30-31-32-33-34-35-36-37-38-39-40-42-44-46-48-50-52-54-56-66(84)79-61(62(83)55-53-51-49-47-45-43-41-18-16-14-12-10-8-6-4-2)60-92-76-72(90)69(87)74(64(58-81)94-76)97-78-73(91)70(88)75(65(59-82)95-78)96-77-71(89)68(86)67(85)63(57-80)93-77/h61-65,67-78,80-83,85-91H,3-60H2,1-2H3,(H,79,84). The zero-order valence-corrected chi connectivity index (χ0v) is 61.6. The highest BCUT2D eigenvalue weighted by Gasteiger charge is 2.54. The van der Waals surface area contributed by atoms with Gasteiger partial charge in [0.15, 0.2) is 18.9 Å². The lowest BCUT2D eigenvalue weighted by molar-refractivity contribution is -0.379. The molecule has 0 spiro atoms. The van der Waals surface area contributed by atoms with Crippen LogP contribution in [0.5, 0.6) is 0 Å². The Hall–Kier alpha value is -1.21. The minimum atomic E-state index is -1.97. The summed E-state index contributed by atoms with van der Waals surface area (Å²) in [6.07, 6.45) is 42.3. The van der Waals surface area contributed by atoms with Gasteiger partial charge in [-0.25, -0.2) is 0 Å². The van der Waals surface area contributed by atoms with Gasteiger partial charge in [-0.05, 0) is 12.8 Å². The summed E-state index contributed by atoms with van der Waals surface area (Å²) >= 11 is 0. The molecule has 0 aromatic rings. The van der Waals surface area contributed by atoms with Gasteiger partial charge < -0.3 is 89.9 Å². The number of aliphatic hydroxyl groups is 11. The second-order valence-electron chi connectivity index (χ2n) is 29.6. The van der Waals surface area contributed by atoms with Crippen molar-refractivity contribution in [1.29, 1.82) is 0 Å². The van der Waals surface area contributed by atoms with E-state index in [1.165, 1.54) is 283 Å². The van der Waals surface area contributed by atoms with Crippen LogP contribution in [-0.4, -0.2) is 193 Å². The van der Waals surface area contributed by atoms with Gasteiger partial charge in [0.05, 0.1) is 38.6 Å². The molecule has 0 aromatic carbocycles. The number of nitrogens with one attached hydrogen (secondary N) is 1. The first-order valence-corrected chi connectivity index (χ1v) is 40.8. The Balaban J connectivity index is 1.29. The molecule has 3 fully saturated rings. The first-order valence-electron chi connectivity index (χ1n) is 40.8. The number of aliphatic hydroxyl groups excluding tert-OH is 11. The third-order valence-corrected chi connectivity index (χ3v) is 20.9. The van der Waals surface area contributed by atoms with Crippen LogP contribution in [0.15, 0.2) is 0 Å². The lowest BCUT2D eigenvalue weighted by Gasteiger charge is -2.48. The number of hydrogen-bond donors (Lipinski definition) is 12. The normalized spacial score (nSPS) is 26.8. The fraction of sp³-hybridized carbons (Fsp3) is 0.987. The Bertz CT molecular complexity index is 1760. The maximum Gasteiger partial charge on any atom is 0.220 e. The molecule has 17 unspecified atom stereocenters. The maximum atomic E-state index is 13.5. The summed E-state index contributed by atoms with van der Waals surface area (Å²) in [6.45, 7) is 1.86. The number of unbranched alkanes of at least 4 members (excludes halogenated alkanes) is 50. The molecule has 0 saturated carbocycles. The number of carbonyl (C=O) groups is 1. The smallest absolute Gasteiger partial charge is 0.220 e. The first-order chi connectivity index (χ1) is 47.3. The second kappa shape index (κ2) is 60.1. The van der Waals surface area contributed by atoms with Crippen LogP contribution < -0.4 is 5.32 Å². The van der Waals surface area contributed by atoms with Gasteiger partial charge in [0, 0.05) is 6.42 Å². The Morgan fingerprint density at radius 2 is 0.588 bits per heavy atom. The Morgan fingerprint density at radius 1 is 0.330 bits per heavy atom. The van der Waals surface area contributed by atoms with Crippen molar-refractivity contribution < 1.29 is 89.4 Å². The van der Waals surface area contributed by atoms with E-state index in [1.807, 2.05) is 0 Å². The van der Waals surface area contributed by atoms with Crippen molar-refractivity contribution in [3.63, 3.8) is 0 Å². The molecule has 3 saturated heterocycles. The summed E-state index contributed by atoms with van der Waals surface area (Å²) in [7, 11) is 0. The van der Waals surface area contributed by atoms with E-state index in [0.29, 0.717) is 12.8 Å². The van der Waals surface area contributed by atoms with E-state index in [4.69, 9.17) is 28.4 Å². The molecule has 0 bridgehead atoms. The molecular formula is C78H151NO18. The van der Waals surface area contributed by atoms with Crippen LogP contribution in [0.4, 0.5) is 0 Å². The molecule has 97 heavy (non-hydrogen) atoms. The van der Waals surface area contributed by atoms with Crippen molar-refractivity contribution in [1.82, 2.24) is 5.32 Å². The molecule has 3 aliphatic rings. The zero-order valence-electron chi connectivity index (χ0n) is 61.6. The molecule has 3 heterocycles. The Labute approximate surface area is 589 Å². The highest BCUT2D eigenvalue weighted by Crippen LogP contribution is 2.33. The third kappa shape index (κ3) is 40.6. The lowest BCUT2D eigenvalue weighted by Crippen LogP contribution is -2.66. The van der Waals surface area contributed by atoms with Gasteiger partial charge in [0.2, 0.25) is 5.91 Å². The summed E-state index contributed by atoms with van der Waals surface area (Å²) in [5, 5.41) is 121. The van der Waals surface area contributed by atoms with E-state index in [2.05, 4.69) is 19.2 Å². The second-order valence-corrected chi connectivity index (χ2v) is 29.6. The van der Waals surface area contributed by atoms with Crippen molar-refractivity contribution in [3.05, 3.63) is 0 Å². The summed E-state index contributed by atoms with van der Waals surface area (Å²) in [6, 6.07) is -0.882. The molecular weight excluding hydrogens is 1240 g/mol. The summed E-state index contributed by atoms with van der Waals surface area (Å²) < 4.78 is 34.5. The van der Waals surface area contributed by atoms with Gasteiger partial charge in [-0.15, -0.1) is 0 Å². The van der Waals surface area contributed by atoms with Crippen LogP contribution in [0.3, 0.4) is 0 Å².